The van der Waals surface area contributed by atoms with Crippen molar-refractivity contribution in [3.63, 3.8) is 0 Å². The van der Waals surface area contributed by atoms with Crippen LogP contribution in [0.4, 0.5) is 11.4 Å². The van der Waals surface area contributed by atoms with Crippen LogP contribution in [0.3, 0.4) is 0 Å². The minimum absolute atomic E-state index is 0.141. The second kappa shape index (κ2) is 11.2. The number of para-hydroxylation sites is 2. The molecule has 3 rings (SSSR count). The van der Waals surface area contributed by atoms with Gasteiger partial charge in [0.05, 0.1) is 39.3 Å². The Hall–Kier alpha value is -4.01. The van der Waals surface area contributed by atoms with Gasteiger partial charge in [0.25, 0.3) is 0 Å². The van der Waals surface area contributed by atoms with Gasteiger partial charge < -0.3 is 29.6 Å². The number of hydrogen-bond acceptors (Lipinski definition) is 8. The van der Waals surface area contributed by atoms with Crippen molar-refractivity contribution in [1.29, 1.82) is 0 Å². The molecule has 0 bridgehead atoms. The number of aryl methyl sites for hydroxylation is 1. The fourth-order valence-electron chi connectivity index (χ4n) is 3.57. The summed E-state index contributed by atoms with van der Waals surface area (Å²) >= 11 is 0. The maximum absolute atomic E-state index is 12.9. The first-order valence-corrected chi connectivity index (χ1v) is 10.8. The summed E-state index contributed by atoms with van der Waals surface area (Å²) in [5, 5.41) is 5.98. The van der Waals surface area contributed by atoms with Crippen LogP contribution < -0.4 is 24.8 Å². The number of amidine groups is 1. The summed E-state index contributed by atoms with van der Waals surface area (Å²) in [7, 11) is 4.61. The Kier molecular flexibility index (Phi) is 8.13. The number of fused-ring (bicyclic) bond motifs is 1. The summed E-state index contributed by atoms with van der Waals surface area (Å²) in [4.78, 5) is 30.1. The van der Waals surface area contributed by atoms with Gasteiger partial charge in [-0.15, -0.1) is 0 Å². The Bertz CT molecular complexity index is 1110. The molecule has 9 nitrogen and oxygen atoms in total. The third kappa shape index (κ3) is 5.48. The lowest BCUT2D eigenvalue weighted by Crippen LogP contribution is -2.35. The second-order valence-corrected chi connectivity index (χ2v) is 7.40. The van der Waals surface area contributed by atoms with Gasteiger partial charge in [-0.1, -0.05) is 12.1 Å². The van der Waals surface area contributed by atoms with E-state index in [1.807, 2.05) is 18.2 Å². The minimum atomic E-state index is -0.566. The molecule has 180 valence electrons. The third-order valence-electron chi connectivity index (χ3n) is 5.17. The van der Waals surface area contributed by atoms with Gasteiger partial charge in [-0.3, -0.25) is 4.79 Å². The molecule has 2 aromatic carbocycles. The number of ether oxygens (including phenoxy) is 4. The lowest BCUT2D eigenvalue weighted by Gasteiger charge is -2.15. The Morgan fingerprint density at radius 1 is 1.03 bits per heavy atom. The number of benzene rings is 2. The number of methoxy groups -OCH3 is 3. The van der Waals surface area contributed by atoms with E-state index in [0.717, 1.165) is 11.3 Å². The molecule has 2 aromatic rings. The van der Waals surface area contributed by atoms with E-state index >= 15 is 0 Å². The number of anilines is 1. The number of rotatable bonds is 8. The van der Waals surface area contributed by atoms with Crippen molar-refractivity contribution in [3.05, 3.63) is 53.2 Å². The van der Waals surface area contributed by atoms with Crippen LogP contribution in [0, 0.1) is 0 Å². The molecule has 0 unspecified atom stereocenters. The lowest BCUT2D eigenvalue weighted by molar-refractivity contribution is -0.137. The van der Waals surface area contributed by atoms with Gasteiger partial charge >= 0.3 is 5.97 Å². The zero-order chi connectivity index (χ0) is 24.7. The smallest absolute Gasteiger partial charge is 0.343 e. The number of aliphatic imine (C=N–C) groups is 1. The molecule has 34 heavy (non-hydrogen) atoms. The van der Waals surface area contributed by atoms with Crippen molar-refractivity contribution in [1.82, 2.24) is 5.32 Å². The molecule has 1 amide bonds. The Labute approximate surface area is 198 Å². The fraction of sp³-hybridized carbons (Fsp3) is 0.320. The Morgan fingerprint density at radius 2 is 1.71 bits per heavy atom. The van der Waals surface area contributed by atoms with Gasteiger partial charge in [0, 0.05) is 12.1 Å². The Balaban J connectivity index is 1.84. The van der Waals surface area contributed by atoms with Crippen molar-refractivity contribution in [3.8, 4) is 17.2 Å². The van der Waals surface area contributed by atoms with Gasteiger partial charge in [0.15, 0.2) is 11.5 Å². The first kappa shape index (κ1) is 24.6. The number of nitrogens with zero attached hydrogens (tertiary/aromatic N) is 1. The molecule has 1 heterocycles. The van der Waals surface area contributed by atoms with E-state index in [0.29, 0.717) is 35.1 Å². The van der Waals surface area contributed by atoms with Crippen LogP contribution in [-0.4, -0.2) is 45.6 Å². The normalized spacial score (nSPS) is 12.6. The largest absolute Gasteiger partial charge is 0.493 e. The summed E-state index contributed by atoms with van der Waals surface area (Å²) in [6.07, 6.45) is 0.546. The second-order valence-electron chi connectivity index (χ2n) is 7.40. The molecule has 0 aromatic heterocycles. The molecule has 0 atom stereocenters. The highest BCUT2D eigenvalue weighted by atomic mass is 16.5. The van der Waals surface area contributed by atoms with E-state index in [4.69, 9.17) is 18.9 Å². The SMILES string of the molecule is CCOC(=O)C1=C(C)Nc2ccccc2N=C1NC(=O)CCc1cc(OC)c(OC)c(OC)c1. The molecule has 1 aliphatic rings. The number of carbonyl (C=O) groups is 2. The average Bonchev–Trinajstić information content (AvgIpc) is 2.97. The standard InChI is InChI=1S/C25H29N3O6/c1-6-34-25(30)22-15(2)26-17-9-7-8-10-18(17)27-24(22)28-21(29)12-11-16-13-19(31-3)23(33-5)20(14-16)32-4/h7-10,13-14,26H,6,11-12H2,1-5H3,(H,27,28,29). The van der Waals surface area contributed by atoms with Crippen molar-refractivity contribution in [2.24, 2.45) is 4.99 Å². The van der Waals surface area contributed by atoms with Gasteiger partial charge in [0.1, 0.15) is 11.4 Å². The van der Waals surface area contributed by atoms with Gasteiger partial charge in [-0.2, -0.15) is 0 Å². The monoisotopic (exact) mass is 467 g/mol. The molecule has 0 fully saturated rings. The maximum Gasteiger partial charge on any atom is 0.343 e. The van der Waals surface area contributed by atoms with Crippen LogP contribution in [0.1, 0.15) is 25.8 Å². The quantitative estimate of drug-likeness (QED) is 0.569. The van der Waals surface area contributed by atoms with Crippen molar-refractivity contribution < 1.29 is 28.5 Å². The van der Waals surface area contributed by atoms with Crippen LogP contribution in [-0.2, 0) is 20.7 Å². The molecule has 2 N–H and O–H groups in total. The Morgan fingerprint density at radius 3 is 2.32 bits per heavy atom. The molecular weight excluding hydrogens is 438 g/mol. The molecule has 1 aliphatic heterocycles. The highest BCUT2D eigenvalue weighted by Gasteiger charge is 2.26. The highest BCUT2D eigenvalue weighted by Crippen LogP contribution is 2.38. The zero-order valence-electron chi connectivity index (χ0n) is 20.0. The van der Waals surface area contributed by atoms with E-state index in [2.05, 4.69) is 15.6 Å². The predicted molar refractivity (Wildman–Crippen MR) is 129 cm³/mol. The van der Waals surface area contributed by atoms with Gasteiger partial charge in [0.2, 0.25) is 11.7 Å². The minimum Gasteiger partial charge on any atom is -0.493 e. The molecule has 0 spiro atoms. The number of amides is 1. The van der Waals surface area contributed by atoms with Crippen molar-refractivity contribution in [2.45, 2.75) is 26.7 Å². The van der Waals surface area contributed by atoms with Gasteiger partial charge in [-0.05, 0) is 50.1 Å². The van der Waals surface area contributed by atoms with Crippen LogP contribution in [0.15, 0.2) is 52.7 Å². The third-order valence-corrected chi connectivity index (χ3v) is 5.17. The fourth-order valence-corrected chi connectivity index (χ4v) is 3.57. The maximum atomic E-state index is 12.9. The topological polar surface area (TPSA) is 107 Å². The number of esters is 1. The molecule has 0 saturated carbocycles. The number of hydrogen-bond donors (Lipinski definition) is 2. The average molecular weight is 468 g/mol. The lowest BCUT2D eigenvalue weighted by atomic mass is 10.1. The van der Waals surface area contributed by atoms with Crippen molar-refractivity contribution in [2.75, 3.05) is 33.3 Å². The summed E-state index contributed by atoms with van der Waals surface area (Å²) in [6, 6.07) is 10.9. The van der Waals surface area contributed by atoms with Crippen LogP contribution in [0.2, 0.25) is 0 Å². The summed E-state index contributed by atoms with van der Waals surface area (Å²) < 4.78 is 21.3. The van der Waals surface area contributed by atoms with E-state index in [-0.39, 0.29) is 30.3 Å². The molecule has 0 aliphatic carbocycles. The van der Waals surface area contributed by atoms with Gasteiger partial charge in [-0.25, -0.2) is 9.79 Å². The summed E-state index contributed by atoms with van der Waals surface area (Å²) in [5.41, 5.74) is 2.87. The highest BCUT2D eigenvalue weighted by molar-refractivity contribution is 6.24. The first-order chi connectivity index (χ1) is 16.4. The van der Waals surface area contributed by atoms with Crippen molar-refractivity contribution >= 4 is 29.1 Å². The number of carbonyl (C=O) groups excluding carboxylic acids is 2. The molecule has 0 radical (unpaired) electrons. The summed E-state index contributed by atoms with van der Waals surface area (Å²) in [6.45, 7) is 3.66. The van der Waals surface area contributed by atoms with E-state index < -0.39 is 5.97 Å². The van der Waals surface area contributed by atoms with E-state index in [9.17, 15) is 9.59 Å². The van der Waals surface area contributed by atoms with Crippen LogP contribution in [0.25, 0.3) is 0 Å². The number of allylic oxidation sites excluding steroid dienone is 1. The number of nitrogens with one attached hydrogen (secondary N) is 2. The summed E-state index contributed by atoms with van der Waals surface area (Å²) in [5.74, 6) is 0.776. The predicted octanol–water partition coefficient (Wildman–Crippen LogP) is 3.75. The molecular formula is C25H29N3O6. The van der Waals surface area contributed by atoms with E-state index in [1.165, 1.54) is 21.3 Å². The van der Waals surface area contributed by atoms with Crippen LogP contribution >= 0.6 is 0 Å². The molecule has 9 heteroatoms. The zero-order valence-corrected chi connectivity index (χ0v) is 20.0. The first-order valence-electron chi connectivity index (χ1n) is 10.8. The van der Waals surface area contributed by atoms with Crippen LogP contribution in [0.5, 0.6) is 17.2 Å². The van der Waals surface area contributed by atoms with E-state index in [1.54, 1.807) is 32.0 Å². The molecule has 0 saturated heterocycles.